The molecule has 0 bridgehead atoms. The van der Waals surface area contributed by atoms with E-state index in [0.717, 1.165) is 17.7 Å². The fourth-order valence-corrected chi connectivity index (χ4v) is 3.20. The van der Waals surface area contributed by atoms with Crippen molar-refractivity contribution < 1.29 is 27.5 Å². The van der Waals surface area contributed by atoms with Gasteiger partial charge in [0.05, 0.1) is 12.5 Å². The summed E-state index contributed by atoms with van der Waals surface area (Å²) in [6, 6.07) is 0. The van der Waals surface area contributed by atoms with Gasteiger partial charge in [-0.3, -0.25) is 9.59 Å². The molecule has 8 heteroatoms. The lowest BCUT2D eigenvalue weighted by Crippen LogP contribution is -2.44. The molecule has 2 aliphatic heterocycles. The molecule has 0 spiro atoms. The SMILES string of the molecule is COC[C@H]1CCCN(C(=O)[C@H]2CC(=O)N(CC(F)(F)F)C2)C1. The average Bonchev–Trinajstić information content (AvgIpc) is 2.78. The maximum atomic E-state index is 12.4. The normalized spacial score (nSPS) is 26.6. The van der Waals surface area contributed by atoms with Gasteiger partial charge in [0, 0.05) is 33.2 Å². The number of carbonyl (C=O) groups is 2. The lowest BCUT2D eigenvalue weighted by Gasteiger charge is -2.34. The van der Waals surface area contributed by atoms with Crippen LogP contribution in [0.5, 0.6) is 0 Å². The molecule has 22 heavy (non-hydrogen) atoms. The first-order valence-electron chi connectivity index (χ1n) is 7.42. The molecular weight excluding hydrogens is 301 g/mol. The molecule has 0 unspecified atom stereocenters. The Morgan fingerprint density at radius 3 is 2.73 bits per heavy atom. The van der Waals surface area contributed by atoms with Crippen LogP contribution in [0.2, 0.25) is 0 Å². The number of halogens is 3. The van der Waals surface area contributed by atoms with Crippen LogP contribution in [0.15, 0.2) is 0 Å². The topological polar surface area (TPSA) is 49.9 Å². The predicted molar refractivity (Wildman–Crippen MR) is 71.9 cm³/mol. The van der Waals surface area contributed by atoms with E-state index in [1.54, 1.807) is 12.0 Å². The number of ether oxygens (including phenoxy) is 1. The minimum Gasteiger partial charge on any atom is -0.384 e. The number of nitrogens with zero attached hydrogens (tertiary/aromatic N) is 2. The number of hydrogen-bond acceptors (Lipinski definition) is 3. The fourth-order valence-electron chi connectivity index (χ4n) is 3.20. The van der Waals surface area contributed by atoms with Crippen molar-refractivity contribution in [1.82, 2.24) is 9.80 Å². The zero-order chi connectivity index (χ0) is 16.3. The van der Waals surface area contributed by atoms with Crippen molar-refractivity contribution in [3.8, 4) is 0 Å². The predicted octanol–water partition coefficient (Wildman–Crippen LogP) is 1.28. The molecule has 5 nitrogen and oxygen atoms in total. The standard InChI is InChI=1S/C14H21F3N2O3/c1-22-8-10-3-2-4-18(6-10)13(21)11-5-12(20)19(7-11)9-14(15,16)17/h10-11H,2-9H2,1H3/t10-,11-/m0/s1. The van der Waals surface area contributed by atoms with Crippen molar-refractivity contribution in [1.29, 1.82) is 0 Å². The highest BCUT2D eigenvalue weighted by atomic mass is 19.4. The minimum atomic E-state index is -4.43. The molecule has 0 N–H and O–H groups in total. The molecule has 2 rings (SSSR count). The highest BCUT2D eigenvalue weighted by Crippen LogP contribution is 2.26. The van der Waals surface area contributed by atoms with E-state index in [1.165, 1.54) is 0 Å². The Labute approximate surface area is 127 Å². The number of rotatable bonds is 4. The number of alkyl halides is 3. The molecule has 0 aliphatic carbocycles. The summed E-state index contributed by atoms with van der Waals surface area (Å²) in [5.74, 6) is -1.21. The summed E-state index contributed by atoms with van der Waals surface area (Å²) in [5.41, 5.74) is 0. The third-order valence-corrected chi connectivity index (χ3v) is 4.17. The molecule has 2 atom stereocenters. The molecule has 2 heterocycles. The van der Waals surface area contributed by atoms with Gasteiger partial charge in [-0.15, -0.1) is 0 Å². The highest BCUT2D eigenvalue weighted by molar-refractivity contribution is 5.89. The van der Waals surface area contributed by atoms with Crippen molar-refractivity contribution in [2.45, 2.75) is 25.4 Å². The molecule has 2 saturated heterocycles. The molecule has 0 aromatic rings. The second kappa shape index (κ2) is 6.85. The Hall–Kier alpha value is -1.31. The van der Waals surface area contributed by atoms with Gasteiger partial charge in [0.25, 0.3) is 0 Å². The van der Waals surface area contributed by atoms with Gasteiger partial charge in [0.15, 0.2) is 0 Å². The molecule has 126 valence electrons. The van der Waals surface area contributed by atoms with Crippen LogP contribution in [-0.4, -0.2) is 67.7 Å². The number of hydrogen-bond donors (Lipinski definition) is 0. The molecule has 0 saturated carbocycles. The van der Waals surface area contributed by atoms with E-state index in [9.17, 15) is 22.8 Å². The molecule has 2 aliphatic rings. The summed E-state index contributed by atoms with van der Waals surface area (Å²) in [6.07, 6.45) is -2.73. The summed E-state index contributed by atoms with van der Waals surface area (Å²) in [7, 11) is 1.60. The Bertz CT molecular complexity index is 426. The summed E-state index contributed by atoms with van der Waals surface area (Å²) in [6.45, 7) is 0.303. The first kappa shape index (κ1) is 17.1. The molecule has 0 aromatic heterocycles. The summed E-state index contributed by atoms with van der Waals surface area (Å²) in [4.78, 5) is 26.5. The van der Waals surface area contributed by atoms with Gasteiger partial charge >= 0.3 is 6.18 Å². The second-order valence-electron chi connectivity index (χ2n) is 6.04. The zero-order valence-corrected chi connectivity index (χ0v) is 12.6. The summed E-state index contributed by atoms with van der Waals surface area (Å²) >= 11 is 0. The quantitative estimate of drug-likeness (QED) is 0.783. The van der Waals surface area contributed by atoms with E-state index in [4.69, 9.17) is 4.74 Å². The van der Waals surface area contributed by atoms with Crippen LogP contribution in [-0.2, 0) is 14.3 Å². The van der Waals surface area contributed by atoms with Crippen LogP contribution in [0.3, 0.4) is 0 Å². The van der Waals surface area contributed by atoms with Crippen molar-refractivity contribution in [2.75, 3.05) is 39.9 Å². The largest absolute Gasteiger partial charge is 0.406 e. The van der Waals surface area contributed by atoms with Gasteiger partial charge in [-0.2, -0.15) is 13.2 Å². The second-order valence-corrected chi connectivity index (χ2v) is 6.04. The van der Waals surface area contributed by atoms with Crippen molar-refractivity contribution >= 4 is 11.8 Å². The summed E-state index contributed by atoms with van der Waals surface area (Å²) < 4.78 is 42.3. The van der Waals surface area contributed by atoms with E-state index in [1.807, 2.05) is 0 Å². The van der Waals surface area contributed by atoms with Gasteiger partial charge in [-0.05, 0) is 18.8 Å². The molecule has 0 aromatic carbocycles. The number of carbonyl (C=O) groups excluding carboxylic acids is 2. The van der Waals surface area contributed by atoms with Gasteiger partial charge in [0.2, 0.25) is 11.8 Å². The molecule has 2 fully saturated rings. The third kappa shape index (κ3) is 4.34. The maximum Gasteiger partial charge on any atom is 0.406 e. The Balaban J connectivity index is 1.92. The van der Waals surface area contributed by atoms with E-state index in [2.05, 4.69) is 0 Å². The minimum absolute atomic E-state index is 0.125. The first-order valence-corrected chi connectivity index (χ1v) is 7.42. The average molecular weight is 322 g/mol. The monoisotopic (exact) mass is 322 g/mol. The zero-order valence-electron chi connectivity index (χ0n) is 12.6. The van der Waals surface area contributed by atoms with Crippen LogP contribution in [0.1, 0.15) is 19.3 Å². The van der Waals surface area contributed by atoms with Crippen LogP contribution < -0.4 is 0 Å². The first-order chi connectivity index (χ1) is 10.3. The fraction of sp³-hybridized carbons (Fsp3) is 0.857. The van der Waals surface area contributed by atoms with Crippen LogP contribution >= 0.6 is 0 Å². The van der Waals surface area contributed by atoms with Gasteiger partial charge in [-0.25, -0.2) is 0 Å². The molecular formula is C14H21F3N2O3. The Kier molecular flexibility index (Phi) is 5.31. The van der Waals surface area contributed by atoms with Gasteiger partial charge < -0.3 is 14.5 Å². The maximum absolute atomic E-state index is 12.4. The smallest absolute Gasteiger partial charge is 0.384 e. The third-order valence-electron chi connectivity index (χ3n) is 4.17. The van der Waals surface area contributed by atoms with E-state index < -0.39 is 24.5 Å². The Morgan fingerprint density at radius 1 is 1.36 bits per heavy atom. The molecule has 2 amide bonds. The van der Waals surface area contributed by atoms with Gasteiger partial charge in [0.1, 0.15) is 6.54 Å². The lowest BCUT2D eigenvalue weighted by molar-refractivity contribution is -0.157. The highest BCUT2D eigenvalue weighted by Gasteiger charge is 2.42. The number of likely N-dealkylation sites (tertiary alicyclic amines) is 2. The van der Waals surface area contributed by atoms with Crippen molar-refractivity contribution in [2.24, 2.45) is 11.8 Å². The van der Waals surface area contributed by atoms with Crippen LogP contribution in [0.4, 0.5) is 13.2 Å². The number of piperidine rings is 1. The van der Waals surface area contributed by atoms with Crippen molar-refractivity contribution in [3.63, 3.8) is 0 Å². The molecule has 0 radical (unpaired) electrons. The van der Waals surface area contributed by atoms with Gasteiger partial charge in [-0.1, -0.05) is 0 Å². The van der Waals surface area contributed by atoms with Crippen LogP contribution in [0.25, 0.3) is 0 Å². The van der Waals surface area contributed by atoms with E-state index >= 15 is 0 Å². The summed E-state index contributed by atoms with van der Waals surface area (Å²) in [5, 5.41) is 0. The van der Waals surface area contributed by atoms with Crippen molar-refractivity contribution in [3.05, 3.63) is 0 Å². The Morgan fingerprint density at radius 2 is 2.09 bits per heavy atom. The van der Waals surface area contributed by atoms with E-state index in [0.29, 0.717) is 19.7 Å². The van der Waals surface area contributed by atoms with E-state index in [-0.39, 0.29) is 24.8 Å². The lowest BCUT2D eigenvalue weighted by atomic mass is 9.97. The van der Waals surface area contributed by atoms with Crippen LogP contribution in [0, 0.1) is 11.8 Å². The number of amides is 2. The number of methoxy groups -OCH3 is 1.